The molecule has 0 unspecified atom stereocenters. The van der Waals surface area contributed by atoms with Crippen LogP contribution in [0.5, 0.6) is 0 Å². The van der Waals surface area contributed by atoms with Gasteiger partial charge in [0, 0.05) is 12.5 Å². The molecule has 1 aliphatic rings. The third kappa shape index (κ3) is 1.52. The van der Waals surface area contributed by atoms with Gasteiger partial charge in [0.25, 0.3) is 0 Å². The summed E-state index contributed by atoms with van der Waals surface area (Å²) < 4.78 is 44.8. The molecule has 0 fully saturated rings. The van der Waals surface area contributed by atoms with Crippen LogP contribution >= 0.6 is 0 Å². The highest BCUT2D eigenvalue weighted by Crippen LogP contribution is 2.18. The lowest BCUT2D eigenvalue weighted by Crippen LogP contribution is -2.37. The minimum Gasteiger partial charge on any atom is -0.211 e. The molecule has 0 atom stereocenters. The van der Waals surface area contributed by atoms with Crippen molar-refractivity contribution < 1.29 is 16.8 Å². The molecule has 0 N–H and O–H groups in total. The molecule has 0 bridgehead atoms. The maximum Gasteiger partial charge on any atom is 0.248 e. The molecule has 0 aromatic heterocycles. The van der Waals surface area contributed by atoms with Crippen molar-refractivity contribution in [2.45, 2.75) is 6.92 Å². The van der Waals surface area contributed by atoms with Crippen LogP contribution in [0.3, 0.4) is 0 Å². The summed E-state index contributed by atoms with van der Waals surface area (Å²) in [7, 11) is -6.34. The van der Waals surface area contributed by atoms with Crippen LogP contribution in [0.15, 0.2) is 11.0 Å². The molecule has 70 valence electrons. The van der Waals surface area contributed by atoms with E-state index in [0.717, 1.165) is 12.5 Å². The van der Waals surface area contributed by atoms with Crippen molar-refractivity contribution in [2.75, 3.05) is 12.8 Å². The second-order valence-corrected chi connectivity index (χ2v) is 6.69. The number of rotatable bonds is 0. The Balaban J connectivity index is 3.41. The Labute approximate surface area is 71.8 Å². The Bertz CT molecular complexity index is 416. The number of nitrogens with zero attached hydrogens (tertiary/aromatic N) is 1. The highest BCUT2D eigenvalue weighted by molar-refractivity contribution is 8.06. The molecule has 5 nitrogen and oxygen atoms in total. The zero-order valence-corrected chi connectivity index (χ0v) is 8.31. The van der Waals surface area contributed by atoms with Gasteiger partial charge in [0.1, 0.15) is 0 Å². The van der Waals surface area contributed by atoms with Crippen molar-refractivity contribution in [3.63, 3.8) is 0 Å². The average Bonchev–Trinajstić information content (AvgIpc) is 1.80. The van der Waals surface area contributed by atoms with E-state index in [1.807, 2.05) is 0 Å². The van der Waals surface area contributed by atoms with Crippen LogP contribution in [0.2, 0.25) is 0 Å². The van der Waals surface area contributed by atoms with Gasteiger partial charge in [0.15, 0.2) is 0 Å². The smallest absolute Gasteiger partial charge is 0.211 e. The molecular weight excluding hydrogens is 202 g/mol. The van der Waals surface area contributed by atoms with Gasteiger partial charge in [0.2, 0.25) is 20.0 Å². The Kier molecular flexibility index (Phi) is 2.05. The fourth-order valence-corrected chi connectivity index (χ4v) is 4.14. The Morgan fingerprint density at radius 3 is 2.25 bits per heavy atom. The minimum atomic E-state index is -3.73. The van der Waals surface area contributed by atoms with Crippen molar-refractivity contribution in [3.8, 4) is 0 Å². The van der Waals surface area contributed by atoms with Crippen molar-refractivity contribution in [1.29, 1.82) is 0 Å². The molecular formula is C5H9NO4S2. The molecule has 7 heteroatoms. The van der Waals surface area contributed by atoms with E-state index in [0.29, 0.717) is 9.28 Å². The summed E-state index contributed by atoms with van der Waals surface area (Å²) in [5.74, 6) is -0.220. The molecule has 1 rings (SSSR count). The molecule has 1 aliphatic heterocycles. The van der Waals surface area contributed by atoms with Gasteiger partial charge in [-0.3, -0.25) is 0 Å². The SMILES string of the molecule is CC1=CS(=O)(=O)N(C)S(=O)(=O)C1. The monoisotopic (exact) mass is 211 g/mol. The molecule has 0 saturated carbocycles. The normalized spacial score (nSPS) is 28.0. The second-order valence-electron chi connectivity index (χ2n) is 2.65. The molecule has 0 aromatic rings. The van der Waals surface area contributed by atoms with Crippen LogP contribution in [0.25, 0.3) is 0 Å². The molecule has 0 spiro atoms. The average molecular weight is 211 g/mol. The van der Waals surface area contributed by atoms with E-state index < -0.39 is 20.0 Å². The van der Waals surface area contributed by atoms with Gasteiger partial charge in [-0.05, 0) is 12.5 Å². The lowest BCUT2D eigenvalue weighted by molar-refractivity contribution is 0.530. The topological polar surface area (TPSA) is 71.5 Å². The zero-order chi connectivity index (χ0) is 9.57. The molecule has 0 aliphatic carbocycles. The predicted octanol–water partition coefficient (Wildman–Crippen LogP) is -0.505. The fraction of sp³-hybridized carbons (Fsp3) is 0.600. The minimum absolute atomic E-state index is 0.220. The molecule has 0 aromatic carbocycles. The van der Waals surface area contributed by atoms with E-state index in [-0.39, 0.29) is 5.75 Å². The van der Waals surface area contributed by atoms with Crippen LogP contribution in [0, 0.1) is 0 Å². The first kappa shape index (κ1) is 9.69. The summed E-state index contributed by atoms with van der Waals surface area (Å²) >= 11 is 0. The van der Waals surface area contributed by atoms with Gasteiger partial charge in [-0.15, -0.1) is 0 Å². The third-order valence-corrected chi connectivity index (χ3v) is 5.84. The number of sulfonamides is 2. The molecule has 0 radical (unpaired) electrons. The first-order valence-corrected chi connectivity index (χ1v) is 6.26. The summed E-state index contributed by atoms with van der Waals surface area (Å²) in [5.41, 5.74) is 0.341. The number of hydrogen-bond donors (Lipinski definition) is 0. The van der Waals surface area contributed by atoms with Gasteiger partial charge in [-0.25, -0.2) is 16.8 Å². The summed E-state index contributed by atoms with van der Waals surface area (Å²) in [6.07, 6.45) is 0. The second kappa shape index (κ2) is 2.54. The predicted molar refractivity (Wildman–Crippen MR) is 44.2 cm³/mol. The van der Waals surface area contributed by atoms with Crippen LogP contribution < -0.4 is 0 Å². The van der Waals surface area contributed by atoms with E-state index in [9.17, 15) is 16.8 Å². The van der Waals surface area contributed by atoms with E-state index in [2.05, 4.69) is 0 Å². The van der Waals surface area contributed by atoms with E-state index in [1.165, 1.54) is 6.92 Å². The zero-order valence-electron chi connectivity index (χ0n) is 6.68. The molecule has 0 amide bonds. The highest BCUT2D eigenvalue weighted by Gasteiger charge is 2.32. The summed E-state index contributed by atoms with van der Waals surface area (Å²) in [4.78, 5) is 0. The lowest BCUT2D eigenvalue weighted by Gasteiger charge is -2.19. The van der Waals surface area contributed by atoms with Gasteiger partial charge in [-0.1, -0.05) is 3.71 Å². The third-order valence-electron chi connectivity index (χ3n) is 1.51. The van der Waals surface area contributed by atoms with E-state index >= 15 is 0 Å². The fourth-order valence-electron chi connectivity index (χ4n) is 0.899. The first-order valence-electron chi connectivity index (χ1n) is 3.15. The maximum absolute atomic E-state index is 11.1. The van der Waals surface area contributed by atoms with Crippen LogP contribution in [0.4, 0.5) is 0 Å². The van der Waals surface area contributed by atoms with Crippen LogP contribution in [0.1, 0.15) is 6.92 Å². The molecule has 0 saturated heterocycles. The Hall–Kier alpha value is -0.400. The highest BCUT2D eigenvalue weighted by atomic mass is 32.3. The maximum atomic E-state index is 11.1. The Morgan fingerprint density at radius 1 is 1.33 bits per heavy atom. The quantitative estimate of drug-likeness (QED) is 0.541. The summed E-state index contributed by atoms with van der Waals surface area (Å²) in [5, 5.41) is 0.966. The van der Waals surface area contributed by atoms with Crippen LogP contribution in [-0.2, 0) is 20.0 Å². The van der Waals surface area contributed by atoms with Crippen molar-refractivity contribution in [3.05, 3.63) is 11.0 Å². The van der Waals surface area contributed by atoms with Crippen molar-refractivity contribution in [1.82, 2.24) is 3.71 Å². The molecule has 12 heavy (non-hydrogen) atoms. The van der Waals surface area contributed by atoms with Crippen molar-refractivity contribution in [2.24, 2.45) is 0 Å². The Morgan fingerprint density at radius 2 is 1.83 bits per heavy atom. The van der Waals surface area contributed by atoms with E-state index in [1.54, 1.807) is 0 Å². The lowest BCUT2D eigenvalue weighted by atomic mass is 10.4. The summed E-state index contributed by atoms with van der Waals surface area (Å²) in [6.45, 7) is 1.47. The largest absolute Gasteiger partial charge is 0.248 e. The van der Waals surface area contributed by atoms with Gasteiger partial charge in [0.05, 0.1) is 5.75 Å². The van der Waals surface area contributed by atoms with Crippen molar-refractivity contribution >= 4 is 20.0 Å². The standard InChI is InChI=1S/C5H9NO4S2/c1-5-3-11(7,8)6(2)12(9,10)4-5/h3H,4H2,1-2H3. The van der Waals surface area contributed by atoms with Gasteiger partial charge in [-0.2, -0.15) is 0 Å². The first-order chi connectivity index (χ1) is 5.26. The molecule has 1 heterocycles. The number of hydrogen-bond acceptors (Lipinski definition) is 4. The van der Waals surface area contributed by atoms with Gasteiger partial charge >= 0.3 is 0 Å². The van der Waals surface area contributed by atoms with Gasteiger partial charge < -0.3 is 0 Å². The van der Waals surface area contributed by atoms with Crippen LogP contribution in [-0.4, -0.2) is 33.3 Å². The summed E-state index contributed by atoms with van der Waals surface area (Å²) in [6, 6.07) is 0. The van der Waals surface area contributed by atoms with E-state index in [4.69, 9.17) is 0 Å².